The third-order valence-corrected chi connectivity index (χ3v) is 3.50. The number of nitrogens with one attached hydrogen (secondary N) is 2. The summed E-state index contributed by atoms with van der Waals surface area (Å²) in [5.41, 5.74) is 8.74. The Morgan fingerprint density at radius 1 is 1.45 bits per heavy atom. The molecule has 0 saturated carbocycles. The molecule has 0 aromatic heterocycles. The maximum absolute atomic E-state index is 11.3. The summed E-state index contributed by atoms with van der Waals surface area (Å²) >= 11 is 0. The van der Waals surface area contributed by atoms with Gasteiger partial charge in [-0.3, -0.25) is 4.79 Å². The third kappa shape index (κ3) is 3.95. The summed E-state index contributed by atoms with van der Waals surface area (Å²) in [5.74, 6) is 0.0958. The van der Waals surface area contributed by atoms with Crippen molar-refractivity contribution in [1.29, 1.82) is 0 Å². The van der Waals surface area contributed by atoms with Crippen LogP contribution in [0.5, 0.6) is 0 Å². The molecule has 0 fully saturated rings. The number of fused-ring (bicyclic) bond motifs is 1. The lowest BCUT2D eigenvalue weighted by molar-refractivity contribution is -0.116. The van der Waals surface area contributed by atoms with Gasteiger partial charge in [0.25, 0.3) is 0 Å². The van der Waals surface area contributed by atoms with E-state index in [9.17, 15) is 4.79 Å². The molecule has 0 bridgehead atoms. The van der Waals surface area contributed by atoms with Gasteiger partial charge in [0.05, 0.1) is 6.61 Å². The van der Waals surface area contributed by atoms with Crippen molar-refractivity contribution in [3.05, 3.63) is 23.8 Å². The van der Waals surface area contributed by atoms with Crippen LogP contribution in [0.4, 0.5) is 11.4 Å². The number of hydrogen-bond acceptors (Lipinski definition) is 4. The molecule has 1 aromatic carbocycles. The van der Waals surface area contributed by atoms with E-state index in [2.05, 4.69) is 16.7 Å². The summed E-state index contributed by atoms with van der Waals surface area (Å²) in [4.78, 5) is 11.3. The Bertz CT molecular complexity index is 462. The molecule has 5 heteroatoms. The molecule has 20 heavy (non-hydrogen) atoms. The second-order valence-electron chi connectivity index (χ2n) is 5.15. The summed E-state index contributed by atoms with van der Waals surface area (Å²) < 4.78 is 5.24. The van der Waals surface area contributed by atoms with Crippen LogP contribution in [-0.4, -0.2) is 32.2 Å². The predicted molar refractivity (Wildman–Crippen MR) is 81.0 cm³/mol. The Morgan fingerprint density at radius 3 is 3.05 bits per heavy atom. The normalized spacial score (nSPS) is 15.4. The van der Waals surface area contributed by atoms with Crippen molar-refractivity contribution in [3.63, 3.8) is 0 Å². The summed E-state index contributed by atoms with van der Waals surface area (Å²) in [5, 5.41) is 6.37. The molecule has 110 valence electrons. The molecule has 5 nitrogen and oxygen atoms in total. The lowest BCUT2D eigenvalue weighted by Gasteiger charge is -2.22. The van der Waals surface area contributed by atoms with E-state index in [0.717, 1.165) is 30.6 Å². The van der Waals surface area contributed by atoms with E-state index in [1.54, 1.807) is 7.11 Å². The van der Waals surface area contributed by atoms with Crippen LogP contribution in [0.2, 0.25) is 0 Å². The van der Waals surface area contributed by atoms with Crippen LogP contribution in [0.1, 0.15) is 24.8 Å². The average molecular weight is 277 g/mol. The fraction of sp³-hybridized carbons (Fsp3) is 0.533. The van der Waals surface area contributed by atoms with Crippen molar-refractivity contribution < 1.29 is 9.53 Å². The van der Waals surface area contributed by atoms with Crippen molar-refractivity contribution in [2.24, 2.45) is 5.73 Å². The Hall–Kier alpha value is -1.59. The van der Waals surface area contributed by atoms with Crippen molar-refractivity contribution in [1.82, 2.24) is 0 Å². The van der Waals surface area contributed by atoms with Gasteiger partial charge in [-0.15, -0.1) is 0 Å². The van der Waals surface area contributed by atoms with Crippen LogP contribution in [0.3, 0.4) is 0 Å². The van der Waals surface area contributed by atoms with Gasteiger partial charge in [-0.05, 0) is 49.6 Å². The maximum Gasteiger partial charge on any atom is 0.224 e. The van der Waals surface area contributed by atoms with Crippen LogP contribution in [-0.2, 0) is 16.0 Å². The van der Waals surface area contributed by atoms with E-state index in [0.29, 0.717) is 19.6 Å². The van der Waals surface area contributed by atoms with Gasteiger partial charge in [0.15, 0.2) is 0 Å². The molecule has 1 atom stereocenters. The number of nitrogens with two attached hydrogens (primary N) is 1. The largest absolute Gasteiger partial charge is 0.383 e. The topological polar surface area (TPSA) is 76.4 Å². The number of methoxy groups -OCH3 is 1. The zero-order valence-corrected chi connectivity index (χ0v) is 11.9. The average Bonchev–Trinajstić information content (AvgIpc) is 2.45. The van der Waals surface area contributed by atoms with Gasteiger partial charge in [-0.25, -0.2) is 0 Å². The quantitative estimate of drug-likeness (QED) is 0.709. The highest BCUT2D eigenvalue weighted by atomic mass is 16.5. The Morgan fingerprint density at radius 2 is 2.30 bits per heavy atom. The number of benzene rings is 1. The number of anilines is 2. The third-order valence-electron chi connectivity index (χ3n) is 3.50. The van der Waals surface area contributed by atoms with E-state index in [1.807, 2.05) is 12.1 Å². The van der Waals surface area contributed by atoms with E-state index < -0.39 is 0 Å². The van der Waals surface area contributed by atoms with E-state index in [-0.39, 0.29) is 11.9 Å². The number of carbonyl (C=O) groups is 1. The van der Waals surface area contributed by atoms with Crippen LogP contribution in [0.15, 0.2) is 18.2 Å². The summed E-state index contributed by atoms with van der Waals surface area (Å²) in [6.45, 7) is 1.35. The molecule has 1 aliphatic rings. The molecule has 1 heterocycles. The van der Waals surface area contributed by atoms with Crippen molar-refractivity contribution >= 4 is 17.3 Å². The molecule has 1 aromatic rings. The molecule has 0 spiro atoms. The van der Waals surface area contributed by atoms with E-state index in [4.69, 9.17) is 10.5 Å². The first-order valence-electron chi connectivity index (χ1n) is 7.11. The molecule has 1 amide bonds. The SMILES string of the molecule is COCC(CCCN)Nc1ccc2c(c1)CCC(=O)N2. The van der Waals surface area contributed by atoms with Gasteiger partial charge in [0.1, 0.15) is 0 Å². The van der Waals surface area contributed by atoms with Gasteiger partial charge in [0.2, 0.25) is 5.91 Å². The molecule has 1 aliphatic heterocycles. The van der Waals surface area contributed by atoms with Gasteiger partial charge in [0, 0.05) is 30.9 Å². The standard InChI is InChI=1S/C15H23N3O2/c1-20-10-13(3-2-8-16)17-12-5-6-14-11(9-12)4-7-15(19)18-14/h5-6,9,13,17H,2-4,7-8,10,16H2,1H3,(H,18,19). The lowest BCUT2D eigenvalue weighted by atomic mass is 10.0. The Labute approximate surface area is 119 Å². The zero-order chi connectivity index (χ0) is 14.4. The van der Waals surface area contributed by atoms with Crippen LogP contribution in [0.25, 0.3) is 0 Å². The fourth-order valence-electron chi connectivity index (χ4n) is 2.47. The number of amides is 1. The Balaban J connectivity index is 2.02. The van der Waals surface area contributed by atoms with Crippen molar-refractivity contribution in [2.45, 2.75) is 31.7 Å². The molecular weight excluding hydrogens is 254 g/mol. The zero-order valence-electron chi connectivity index (χ0n) is 11.9. The number of carbonyl (C=O) groups excluding carboxylic acids is 1. The molecule has 4 N–H and O–H groups in total. The number of ether oxygens (including phenoxy) is 1. The van der Waals surface area contributed by atoms with Crippen LogP contribution in [0, 0.1) is 0 Å². The minimum absolute atomic E-state index is 0.0958. The Kier molecular flexibility index (Phi) is 5.38. The first kappa shape index (κ1) is 14.8. The summed E-state index contributed by atoms with van der Waals surface area (Å²) in [6.07, 6.45) is 3.32. The minimum atomic E-state index is 0.0958. The molecule has 1 unspecified atom stereocenters. The van der Waals surface area contributed by atoms with E-state index >= 15 is 0 Å². The second kappa shape index (κ2) is 7.26. The highest BCUT2D eigenvalue weighted by molar-refractivity contribution is 5.94. The number of hydrogen-bond donors (Lipinski definition) is 3. The molecular formula is C15H23N3O2. The van der Waals surface area contributed by atoms with Gasteiger partial charge >= 0.3 is 0 Å². The monoisotopic (exact) mass is 277 g/mol. The highest BCUT2D eigenvalue weighted by Gasteiger charge is 2.15. The van der Waals surface area contributed by atoms with Gasteiger partial charge < -0.3 is 21.1 Å². The molecule has 0 saturated heterocycles. The van der Waals surface area contributed by atoms with Crippen LogP contribution >= 0.6 is 0 Å². The molecule has 0 radical (unpaired) electrons. The van der Waals surface area contributed by atoms with Gasteiger partial charge in [-0.1, -0.05) is 0 Å². The maximum atomic E-state index is 11.3. The fourth-order valence-corrected chi connectivity index (χ4v) is 2.47. The summed E-state index contributed by atoms with van der Waals surface area (Å²) in [7, 11) is 1.71. The van der Waals surface area contributed by atoms with E-state index in [1.165, 1.54) is 5.56 Å². The molecule has 2 rings (SSSR count). The van der Waals surface area contributed by atoms with Crippen molar-refractivity contribution in [3.8, 4) is 0 Å². The highest BCUT2D eigenvalue weighted by Crippen LogP contribution is 2.26. The lowest BCUT2D eigenvalue weighted by Crippen LogP contribution is -2.26. The number of aryl methyl sites for hydroxylation is 1. The van der Waals surface area contributed by atoms with Gasteiger partial charge in [-0.2, -0.15) is 0 Å². The first-order valence-corrected chi connectivity index (χ1v) is 7.11. The van der Waals surface area contributed by atoms with Crippen LogP contribution < -0.4 is 16.4 Å². The minimum Gasteiger partial charge on any atom is -0.383 e. The van der Waals surface area contributed by atoms with Crippen molar-refractivity contribution in [2.75, 3.05) is 30.9 Å². The smallest absolute Gasteiger partial charge is 0.224 e. The summed E-state index contributed by atoms with van der Waals surface area (Å²) in [6, 6.07) is 6.33. The first-order chi connectivity index (χ1) is 9.72. The predicted octanol–water partition coefficient (Wildman–Crippen LogP) is 1.74. The molecule has 0 aliphatic carbocycles. The second-order valence-corrected chi connectivity index (χ2v) is 5.15. The number of rotatable bonds is 7.